The highest BCUT2D eigenvalue weighted by Gasteiger charge is 2.40. The average Bonchev–Trinajstić information content (AvgIpc) is 3.17. The molecule has 25 heavy (non-hydrogen) atoms. The lowest BCUT2D eigenvalue weighted by Gasteiger charge is -2.36. The van der Waals surface area contributed by atoms with Crippen LogP contribution in [0.25, 0.3) is 10.4 Å². The van der Waals surface area contributed by atoms with Gasteiger partial charge in [-0.2, -0.15) is 0 Å². The molecular formula is C20H25NO3S. The van der Waals surface area contributed by atoms with Crippen molar-refractivity contribution in [3.63, 3.8) is 0 Å². The summed E-state index contributed by atoms with van der Waals surface area (Å²) in [6.07, 6.45) is 2.25. The number of carbonyl (C=O) groups is 1. The van der Waals surface area contributed by atoms with Gasteiger partial charge in [0, 0.05) is 31.7 Å². The summed E-state index contributed by atoms with van der Waals surface area (Å²) in [6, 6.07) is 12.6. The number of hydrogen-bond acceptors (Lipinski definition) is 4. The monoisotopic (exact) mass is 359 g/mol. The molecule has 0 unspecified atom stereocenters. The number of carbonyl (C=O) groups excluding carboxylic acids is 1. The van der Waals surface area contributed by atoms with Crippen molar-refractivity contribution in [3.8, 4) is 10.4 Å². The van der Waals surface area contributed by atoms with Crippen LogP contribution in [0.4, 0.5) is 0 Å². The molecule has 1 amide bonds. The van der Waals surface area contributed by atoms with Gasteiger partial charge in [0.15, 0.2) is 0 Å². The molecule has 1 aliphatic heterocycles. The zero-order chi connectivity index (χ0) is 17.5. The summed E-state index contributed by atoms with van der Waals surface area (Å²) in [6.45, 7) is 2.35. The van der Waals surface area contributed by atoms with E-state index in [-0.39, 0.29) is 5.91 Å². The zero-order valence-corrected chi connectivity index (χ0v) is 15.4. The molecule has 1 aliphatic rings. The zero-order valence-electron chi connectivity index (χ0n) is 14.6. The van der Waals surface area contributed by atoms with E-state index in [0.29, 0.717) is 26.4 Å². The van der Waals surface area contributed by atoms with Gasteiger partial charge in [-0.15, -0.1) is 11.3 Å². The van der Waals surface area contributed by atoms with Gasteiger partial charge in [0.25, 0.3) is 0 Å². The average molecular weight is 359 g/mol. The van der Waals surface area contributed by atoms with Gasteiger partial charge in [-0.05, 0) is 41.8 Å². The summed E-state index contributed by atoms with van der Waals surface area (Å²) in [5.74, 6) is 0.119. The van der Waals surface area contributed by atoms with Crippen molar-refractivity contribution in [1.82, 2.24) is 5.32 Å². The predicted molar refractivity (Wildman–Crippen MR) is 101 cm³/mol. The van der Waals surface area contributed by atoms with E-state index in [2.05, 4.69) is 47.1 Å². The van der Waals surface area contributed by atoms with Gasteiger partial charge in [-0.25, -0.2) is 0 Å². The van der Waals surface area contributed by atoms with Gasteiger partial charge in [-0.3, -0.25) is 4.79 Å². The molecule has 1 fully saturated rings. The van der Waals surface area contributed by atoms with Crippen LogP contribution in [0.2, 0.25) is 0 Å². The fourth-order valence-corrected chi connectivity index (χ4v) is 4.20. The Bertz CT molecular complexity index is 678. The molecule has 134 valence electrons. The van der Waals surface area contributed by atoms with Crippen LogP contribution < -0.4 is 5.32 Å². The van der Waals surface area contributed by atoms with Crippen molar-refractivity contribution in [2.75, 3.05) is 33.5 Å². The first kappa shape index (κ1) is 18.1. The summed E-state index contributed by atoms with van der Waals surface area (Å²) < 4.78 is 10.6. The molecule has 0 radical (unpaired) electrons. The molecule has 0 aliphatic carbocycles. The fourth-order valence-electron chi connectivity index (χ4n) is 3.41. The van der Waals surface area contributed by atoms with Crippen LogP contribution in [-0.4, -0.2) is 39.4 Å². The Morgan fingerprint density at radius 1 is 1.24 bits per heavy atom. The molecule has 5 heteroatoms. The molecule has 1 aromatic carbocycles. The van der Waals surface area contributed by atoms with Crippen molar-refractivity contribution < 1.29 is 14.3 Å². The molecule has 3 rings (SSSR count). The van der Waals surface area contributed by atoms with Gasteiger partial charge in [0.05, 0.1) is 12.0 Å². The minimum atomic E-state index is -0.403. The number of benzene rings is 1. The van der Waals surface area contributed by atoms with Crippen molar-refractivity contribution in [2.45, 2.75) is 19.3 Å². The smallest absolute Gasteiger partial charge is 0.226 e. The molecule has 2 aromatic rings. The van der Waals surface area contributed by atoms with Gasteiger partial charge in [0.2, 0.25) is 5.91 Å². The summed E-state index contributed by atoms with van der Waals surface area (Å²) in [5.41, 5.74) is 2.06. The van der Waals surface area contributed by atoms with Crippen molar-refractivity contribution >= 4 is 17.2 Å². The van der Waals surface area contributed by atoms with Crippen LogP contribution >= 0.6 is 11.3 Å². The third-order valence-electron chi connectivity index (χ3n) is 4.86. The number of hydrogen-bond donors (Lipinski definition) is 1. The Balaban J connectivity index is 1.85. The second-order valence-electron chi connectivity index (χ2n) is 6.45. The summed E-state index contributed by atoms with van der Waals surface area (Å²) in [5, 5.41) is 5.14. The van der Waals surface area contributed by atoms with E-state index >= 15 is 0 Å². The molecule has 2 heterocycles. The second kappa shape index (κ2) is 8.61. The van der Waals surface area contributed by atoms with E-state index < -0.39 is 5.41 Å². The standard InChI is InChI=1S/C20H25NO3S/c1-23-13-10-21-19(22)20(8-11-24-12-9-20)15-16-5-2-3-6-17(16)18-7-4-14-25-18/h2-7,14H,8-13,15H2,1H3,(H,21,22). The normalized spacial score (nSPS) is 16.5. The molecule has 0 spiro atoms. The van der Waals surface area contributed by atoms with Gasteiger partial charge < -0.3 is 14.8 Å². The lowest BCUT2D eigenvalue weighted by atomic mass is 9.73. The fraction of sp³-hybridized carbons (Fsp3) is 0.450. The van der Waals surface area contributed by atoms with Crippen LogP contribution in [0, 0.1) is 5.41 Å². The van der Waals surface area contributed by atoms with Gasteiger partial charge in [0.1, 0.15) is 0 Å². The van der Waals surface area contributed by atoms with E-state index in [4.69, 9.17) is 9.47 Å². The lowest BCUT2D eigenvalue weighted by Crippen LogP contribution is -2.47. The Morgan fingerprint density at radius 2 is 2.04 bits per heavy atom. The molecule has 1 N–H and O–H groups in total. The molecule has 0 saturated carbocycles. The molecule has 0 atom stereocenters. The highest BCUT2D eigenvalue weighted by molar-refractivity contribution is 7.13. The number of thiophene rings is 1. The molecular weight excluding hydrogens is 334 g/mol. The first-order valence-corrected chi connectivity index (χ1v) is 9.60. The molecule has 1 saturated heterocycles. The van der Waals surface area contributed by atoms with E-state index in [1.54, 1.807) is 18.4 Å². The maximum absolute atomic E-state index is 13.0. The van der Waals surface area contributed by atoms with Crippen LogP contribution in [0.1, 0.15) is 18.4 Å². The van der Waals surface area contributed by atoms with Crippen LogP contribution in [-0.2, 0) is 20.7 Å². The molecule has 1 aromatic heterocycles. The summed E-state index contributed by atoms with van der Waals surface area (Å²) >= 11 is 1.73. The largest absolute Gasteiger partial charge is 0.383 e. The predicted octanol–water partition coefficient (Wildman–Crippen LogP) is 3.52. The highest BCUT2D eigenvalue weighted by Crippen LogP contribution is 2.38. The number of amides is 1. The molecule has 4 nitrogen and oxygen atoms in total. The van der Waals surface area contributed by atoms with Crippen molar-refractivity contribution in [2.24, 2.45) is 5.41 Å². The SMILES string of the molecule is COCCNC(=O)C1(Cc2ccccc2-c2cccs2)CCOCC1. The van der Waals surface area contributed by atoms with Crippen LogP contribution in [0.15, 0.2) is 41.8 Å². The van der Waals surface area contributed by atoms with Gasteiger partial charge >= 0.3 is 0 Å². The Hall–Kier alpha value is -1.69. The number of rotatable bonds is 7. The highest BCUT2D eigenvalue weighted by atomic mass is 32.1. The Kier molecular flexibility index (Phi) is 6.24. The first-order chi connectivity index (χ1) is 12.2. The third-order valence-corrected chi connectivity index (χ3v) is 5.76. The lowest BCUT2D eigenvalue weighted by molar-refractivity contribution is -0.136. The summed E-state index contributed by atoms with van der Waals surface area (Å²) in [4.78, 5) is 14.2. The number of ether oxygens (including phenoxy) is 2. The van der Waals surface area contributed by atoms with Crippen molar-refractivity contribution in [1.29, 1.82) is 0 Å². The minimum Gasteiger partial charge on any atom is -0.383 e. The van der Waals surface area contributed by atoms with E-state index in [0.717, 1.165) is 19.3 Å². The summed E-state index contributed by atoms with van der Waals surface area (Å²) in [7, 11) is 1.65. The molecule has 0 bridgehead atoms. The Labute approximate surface area is 153 Å². The number of methoxy groups -OCH3 is 1. The van der Waals surface area contributed by atoms with Crippen LogP contribution in [0.3, 0.4) is 0 Å². The first-order valence-electron chi connectivity index (χ1n) is 8.72. The number of nitrogens with one attached hydrogen (secondary N) is 1. The van der Waals surface area contributed by atoms with E-state index in [1.807, 2.05) is 0 Å². The maximum Gasteiger partial charge on any atom is 0.226 e. The van der Waals surface area contributed by atoms with Crippen LogP contribution in [0.5, 0.6) is 0 Å². The maximum atomic E-state index is 13.0. The second-order valence-corrected chi connectivity index (χ2v) is 7.40. The minimum absolute atomic E-state index is 0.119. The Morgan fingerprint density at radius 3 is 2.76 bits per heavy atom. The quantitative estimate of drug-likeness (QED) is 0.770. The third kappa shape index (κ3) is 4.29. The van der Waals surface area contributed by atoms with E-state index in [9.17, 15) is 4.79 Å². The topological polar surface area (TPSA) is 47.6 Å². The van der Waals surface area contributed by atoms with Crippen molar-refractivity contribution in [3.05, 3.63) is 47.3 Å². The van der Waals surface area contributed by atoms with E-state index in [1.165, 1.54) is 16.0 Å². The van der Waals surface area contributed by atoms with Gasteiger partial charge in [-0.1, -0.05) is 30.3 Å².